The van der Waals surface area contributed by atoms with Gasteiger partial charge in [-0.15, -0.1) is 0 Å². The lowest BCUT2D eigenvalue weighted by Crippen LogP contribution is -2.04. The second kappa shape index (κ2) is 5.56. The summed E-state index contributed by atoms with van der Waals surface area (Å²) in [5, 5.41) is 0. The zero-order valence-electron chi connectivity index (χ0n) is 11.1. The lowest BCUT2D eigenvalue weighted by molar-refractivity contribution is 0.443. The zero-order valence-corrected chi connectivity index (χ0v) is 11.1. The van der Waals surface area contributed by atoms with E-state index in [1.165, 1.54) is 55.4 Å². The molecule has 0 spiro atoms. The minimum Gasteiger partial charge on any atom is -0.207 e. The molecule has 1 aliphatic carbocycles. The summed E-state index contributed by atoms with van der Waals surface area (Å²) in [5.74, 6) is 0.568. The van der Waals surface area contributed by atoms with Crippen molar-refractivity contribution < 1.29 is 4.39 Å². The molecule has 0 amide bonds. The van der Waals surface area contributed by atoms with Gasteiger partial charge in [-0.1, -0.05) is 55.7 Å². The molecular formula is C18H19F. The number of hydrogen-bond donors (Lipinski definition) is 0. The van der Waals surface area contributed by atoms with Gasteiger partial charge in [-0.3, -0.25) is 0 Å². The van der Waals surface area contributed by atoms with Crippen molar-refractivity contribution in [3.8, 4) is 11.1 Å². The van der Waals surface area contributed by atoms with E-state index in [-0.39, 0.29) is 5.82 Å². The van der Waals surface area contributed by atoms with E-state index in [4.69, 9.17) is 0 Å². The zero-order chi connectivity index (χ0) is 13.1. The lowest BCUT2D eigenvalue weighted by atomic mass is 9.84. The van der Waals surface area contributed by atoms with E-state index < -0.39 is 0 Å². The van der Waals surface area contributed by atoms with Gasteiger partial charge < -0.3 is 0 Å². The van der Waals surface area contributed by atoms with Crippen molar-refractivity contribution in [2.75, 3.05) is 0 Å². The molecule has 0 saturated heterocycles. The summed E-state index contributed by atoms with van der Waals surface area (Å²) in [6.07, 6.45) is 6.78. The van der Waals surface area contributed by atoms with E-state index in [1.54, 1.807) is 0 Å². The third-order valence-corrected chi connectivity index (χ3v) is 4.16. The Morgan fingerprint density at radius 3 is 1.79 bits per heavy atom. The number of rotatable bonds is 2. The SMILES string of the molecule is Fc1ccc(-c2ccc(C3CCCCC3)cc2)cc1. The first-order valence-electron chi connectivity index (χ1n) is 7.19. The highest BCUT2D eigenvalue weighted by Crippen LogP contribution is 2.33. The van der Waals surface area contributed by atoms with Crippen LogP contribution in [0.2, 0.25) is 0 Å². The first-order chi connectivity index (χ1) is 9.33. The summed E-state index contributed by atoms with van der Waals surface area (Å²) >= 11 is 0. The maximum Gasteiger partial charge on any atom is 0.123 e. The van der Waals surface area contributed by atoms with E-state index in [0.29, 0.717) is 0 Å². The molecule has 3 rings (SSSR count). The highest BCUT2D eigenvalue weighted by molar-refractivity contribution is 5.63. The normalized spacial score (nSPS) is 16.5. The quantitative estimate of drug-likeness (QED) is 0.660. The van der Waals surface area contributed by atoms with E-state index in [9.17, 15) is 4.39 Å². The molecule has 98 valence electrons. The van der Waals surface area contributed by atoms with Crippen LogP contribution >= 0.6 is 0 Å². The molecule has 2 aromatic rings. The molecule has 0 radical (unpaired) electrons. The van der Waals surface area contributed by atoms with Crippen molar-refractivity contribution in [1.29, 1.82) is 0 Å². The molecule has 1 saturated carbocycles. The third kappa shape index (κ3) is 2.86. The van der Waals surface area contributed by atoms with Gasteiger partial charge in [-0.25, -0.2) is 4.39 Å². The topological polar surface area (TPSA) is 0 Å². The second-order valence-corrected chi connectivity index (χ2v) is 5.46. The van der Waals surface area contributed by atoms with Crippen LogP contribution in [0.25, 0.3) is 11.1 Å². The third-order valence-electron chi connectivity index (χ3n) is 4.16. The molecule has 0 unspecified atom stereocenters. The fourth-order valence-corrected chi connectivity index (χ4v) is 3.03. The highest BCUT2D eigenvalue weighted by Gasteiger charge is 2.15. The highest BCUT2D eigenvalue weighted by atomic mass is 19.1. The van der Waals surface area contributed by atoms with Crippen LogP contribution in [0.5, 0.6) is 0 Å². The van der Waals surface area contributed by atoms with Gasteiger partial charge in [0.05, 0.1) is 0 Å². The molecule has 2 aromatic carbocycles. The summed E-state index contributed by atoms with van der Waals surface area (Å²) in [4.78, 5) is 0. The molecule has 0 aliphatic heterocycles. The predicted octanol–water partition coefficient (Wildman–Crippen LogP) is 5.54. The summed E-state index contributed by atoms with van der Waals surface area (Å²) < 4.78 is 12.9. The molecule has 0 nitrogen and oxygen atoms in total. The van der Waals surface area contributed by atoms with Crippen LogP contribution in [0.15, 0.2) is 48.5 Å². The van der Waals surface area contributed by atoms with Crippen molar-refractivity contribution in [2.45, 2.75) is 38.0 Å². The van der Waals surface area contributed by atoms with E-state index in [0.717, 1.165) is 11.5 Å². The van der Waals surface area contributed by atoms with Crippen LogP contribution in [0.4, 0.5) is 4.39 Å². The van der Waals surface area contributed by atoms with Gasteiger partial charge in [-0.05, 0) is 47.6 Å². The van der Waals surface area contributed by atoms with Crippen LogP contribution in [-0.4, -0.2) is 0 Å². The summed E-state index contributed by atoms with van der Waals surface area (Å²) in [6, 6.07) is 15.5. The standard InChI is InChI=1S/C18H19F/c19-18-12-10-17(11-13-18)16-8-6-15(7-9-16)14-4-2-1-3-5-14/h6-14H,1-5H2. The predicted molar refractivity (Wildman–Crippen MR) is 77.7 cm³/mol. The smallest absolute Gasteiger partial charge is 0.123 e. The van der Waals surface area contributed by atoms with Crippen LogP contribution in [0, 0.1) is 5.82 Å². The summed E-state index contributed by atoms with van der Waals surface area (Å²) in [7, 11) is 0. The molecule has 0 heterocycles. The molecule has 1 heteroatoms. The van der Waals surface area contributed by atoms with Crippen molar-refractivity contribution in [1.82, 2.24) is 0 Å². The van der Waals surface area contributed by atoms with Crippen LogP contribution in [0.1, 0.15) is 43.6 Å². The maximum absolute atomic E-state index is 12.9. The fourth-order valence-electron chi connectivity index (χ4n) is 3.03. The van der Waals surface area contributed by atoms with Gasteiger partial charge in [0.15, 0.2) is 0 Å². The number of hydrogen-bond acceptors (Lipinski definition) is 0. The van der Waals surface area contributed by atoms with Crippen molar-refractivity contribution >= 4 is 0 Å². The van der Waals surface area contributed by atoms with Gasteiger partial charge in [0, 0.05) is 0 Å². The van der Waals surface area contributed by atoms with Gasteiger partial charge in [0.25, 0.3) is 0 Å². The molecule has 0 atom stereocenters. The maximum atomic E-state index is 12.9. The van der Waals surface area contributed by atoms with Gasteiger partial charge in [0.1, 0.15) is 5.82 Å². The van der Waals surface area contributed by atoms with Crippen LogP contribution in [0.3, 0.4) is 0 Å². The van der Waals surface area contributed by atoms with Gasteiger partial charge >= 0.3 is 0 Å². The van der Waals surface area contributed by atoms with E-state index >= 15 is 0 Å². The molecular weight excluding hydrogens is 235 g/mol. The van der Waals surface area contributed by atoms with Gasteiger partial charge in [-0.2, -0.15) is 0 Å². The summed E-state index contributed by atoms with van der Waals surface area (Å²) in [6.45, 7) is 0. The van der Waals surface area contributed by atoms with Crippen molar-refractivity contribution in [3.63, 3.8) is 0 Å². The summed E-state index contributed by atoms with van der Waals surface area (Å²) in [5.41, 5.74) is 3.71. The molecule has 19 heavy (non-hydrogen) atoms. The monoisotopic (exact) mass is 254 g/mol. The van der Waals surface area contributed by atoms with Crippen LogP contribution in [-0.2, 0) is 0 Å². The molecule has 0 N–H and O–H groups in total. The molecule has 1 aliphatic rings. The van der Waals surface area contributed by atoms with Gasteiger partial charge in [0.2, 0.25) is 0 Å². The Hall–Kier alpha value is -1.63. The van der Waals surface area contributed by atoms with E-state index in [1.807, 2.05) is 12.1 Å². The minimum absolute atomic E-state index is 0.178. The van der Waals surface area contributed by atoms with Crippen molar-refractivity contribution in [3.05, 3.63) is 59.9 Å². The van der Waals surface area contributed by atoms with E-state index in [2.05, 4.69) is 24.3 Å². The molecule has 0 bridgehead atoms. The lowest BCUT2D eigenvalue weighted by Gasteiger charge is -2.22. The Morgan fingerprint density at radius 1 is 0.684 bits per heavy atom. The Kier molecular flexibility index (Phi) is 3.63. The average molecular weight is 254 g/mol. The largest absolute Gasteiger partial charge is 0.207 e. The Labute approximate surface area is 114 Å². The Balaban J connectivity index is 1.80. The minimum atomic E-state index is -0.178. The fraction of sp³-hybridized carbons (Fsp3) is 0.333. The Morgan fingerprint density at radius 2 is 1.21 bits per heavy atom. The first-order valence-corrected chi connectivity index (χ1v) is 7.19. The average Bonchev–Trinajstić information content (AvgIpc) is 2.49. The first kappa shape index (κ1) is 12.4. The molecule has 0 aromatic heterocycles. The Bertz CT molecular complexity index is 519. The van der Waals surface area contributed by atoms with Crippen LogP contribution < -0.4 is 0 Å². The van der Waals surface area contributed by atoms with Crippen molar-refractivity contribution in [2.24, 2.45) is 0 Å². The number of halogens is 1. The number of benzene rings is 2. The second-order valence-electron chi connectivity index (χ2n) is 5.46. The molecule has 1 fully saturated rings.